The number of nitrogens with zero attached hydrogens (tertiary/aromatic N) is 1. The highest BCUT2D eigenvalue weighted by atomic mass is 32.1. The molecule has 0 saturated carbocycles. The molecule has 2 nitrogen and oxygen atoms in total. The van der Waals surface area contributed by atoms with Crippen molar-refractivity contribution in [1.29, 1.82) is 0 Å². The molecule has 2 aromatic rings. The number of thiazole rings is 1. The minimum Gasteiger partial charge on any atom is -0.299 e. The summed E-state index contributed by atoms with van der Waals surface area (Å²) in [6.45, 7) is 4.10. The van der Waals surface area contributed by atoms with Gasteiger partial charge in [0, 0.05) is 18.0 Å². The van der Waals surface area contributed by atoms with Crippen molar-refractivity contribution in [2.24, 2.45) is 0 Å². The second kappa shape index (κ2) is 5.23. The molecule has 0 radical (unpaired) electrons. The lowest BCUT2D eigenvalue weighted by molar-refractivity contribution is -0.117. The first-order valence-corrected chi connectivity index (χ1v) is 6.49. The molecule has 0 aliphatic heterocycles. The summed E-state index contributed by atoms with van der Waals surface area (Å²) in [5.41, 5.74) is 3.52. The average Bonchev–Trinajstić information content (AvgIpc) is 2.76. The SMILES string of the molecule is Cc1ccc(C)c(CC(=O)Cc2nccs2)c1. The average molecular weight is 245 g/mol. The van der Waals surface area contributed by atoms with Gasteiger partial charge in [0.15, 0.2) is 0 Å². The Bertz CT molecular complexity index is 517. The van der Waals surface area contributed by atoms with Crippen LogP contribution in [0.25, 0.3) is 0 Å². The molecule has 3 heteroatoms. The fourth-order valence-electron chi connectivity index (χ4n) is 1.77. The Morgan fingerprint density at radius 3 is 2.82 bits per heavy atom. The number of Topliss-reactive ketones (excluding diaryl/α,β-unsaturated/α-hetero) is 1. The van der Waals surface area contributed by atoms with Crippen molar-refractivity contribution in [3.63, 3.8) is 0 Å². The molecule has 0 amide bonds. The van der Waals surface area contributed by atoms with Crippen LogP contribution in [0.15, 0.2) is 29.8 Å². The summed E-state index contributed by atoms with van der Waals surface area (Å²) < 4.78 is 0. The highest BCUT2D eigenvalue weighted by molar-refractivity contribution is 7.09. The first kappa shape index (κ1) is 12.0. The molecule has 0 unspecified atom stereocenters. The van der Waals surface area contributed by atoms with E-state index in [1.54, 1.807) is 6.20 Å². The summed E-state index contributed by atoms with van der Waals surface area (Å²) in [4.78, 5) is 16.0. The van der Waals surface area contributed by atoms with Gasteiger partial charge >= 0.3 is 0 Å². The maximum absolute atomic E-state index is 11.9. The number of rotatable bonds is 4. The third-order valence-electron chi connectivity index (χ3n) is 2.72. The van der Waals surface area contributed by atoms with Gasteiger partial charge in [0.25, 0.3) is 0 Å². The minimum atomic E-state index is 0.230. The van der Waals surface area contributed by atoms with Crippen LogP contribution < -0.4 is 0 Å². The van der Waals surface area contributed by atoms with E-state index in [9.17, 15) is 4.79 Å². The van der Waals surface area contributed by atoms with Crippen LogP contribution in [0.4, 0.5) is 0 Å². The number of ketones is 1. The van der Waals surface area contributed by atoms with Crippen LogP contribution >= 0.6 is 11.3 Å². The zero-order valence-corrected chi connectivity index (χ0v) is 10.9. The van der Waals surface area contributed by atoms with Gasteiger partial charge in [0.1, 0.15) is 5.78 Å². The van der Waals surface area contributed by atoms with Crippen LogP contribution in [0, 0.1) is 13.8 Å². The number of aromatic nitrogens is 1. The van der Waals surface area contributed by atoms with Gasteiger partial charge in [0.05, 0.1) is 11.4 Å². The molecule has 1 heterocycles. The first-order valence-electron chi connectivity index (χ1n) is 5.61. The molecule has 0 fully saturated rings. The molecule has 0 saturated heterocycles. The normalized spacial score (nSPS) is 10.5. The number of benzene rings is 1. The zero-order valence-electron chi connectivity index (χ0n) is 10.1. The number of hydrogen-bond acceptors (Lipinski definition) is 3. The molecule has 0 bridgehead atoms. The van der Waals surface area contributed by atoms with Gasteiger partial charge in [-0.3, -0.25) is 4.79 Å². The highest BCUT2D eigenvalue weighted by Gasteiger charge is 2.08. The minimum absolute atomic E-state index is 0.230. The molecule has 88 valence electrons. The van der Waals surface area contributed by atoms with Gasteiger partial charge in [0.2, 0.25) is 0 Å². The lowest BCUT2D eigenvalue weighted by Crippen LogP contribution is -2.07. The van der Waals surface area contributed by atoms with Crippen molar-refractivity contribution < 1.29 is 4.79 Å². The van der Waals surface area contributed by atoms with E-state index in [2.05, 4.69) is 23.2 Å². The van der Waals surface area contributed by atoms with E-state index in [1.807, 2.05) is 19.2 Å². The Kier molecular flexibility index (Phi) is 3.69. The first-order chi connectivity index (χ1) is 8.15. The molecule has 1 aromatic carbocycles. The number of hydrogen-bond donors (Lipinski definition) is 0. The van der Waals surface area contributed by atoms with Crippen LogP contribution in [0.1, 0.15) is 21.7 Å². The molecule has 0 aliphatic rings. The molecule has 0 atom stereocenters. The van der Waals surface area contributed by atoms with Crippen LogP contribution in [0.3, 0.4) is 0 Å². The topological polar surface area (TPSA) is 30.0 Å². The summed E-state index contributed by atoms with van der Waals surface area (Å²) in [5.74, 6) is 0.230. The van der Waals surface area contributed by atoms with E-state index in [-0.39, 0.29) is 5.78 Å². The Balaban J connectivity index is 2.05. The van der Waals surface area contributed by atoms with Crippen LogP contribution in [-0.2, 0) is 17.6 Å². The number of carbonyl (C=O) groups is 1. The third-order valence-corrected chi connectivity index (χ3v) is 3.50. The monoisotopic (exact) mass is 245 g/mol. The Morgan fingerprint density at radius 1 is 1.29 bits per heavy atom. The molecular weight excluding hydrogens is 230 g/mol. The Morgan fingerprint density at radius 2 is 2.12 bits per heavy atom. The molecule has 0 aliphatic carbocycles. The second-order valence-corrected chi connectivity index (χ2v) is 5.23. The smallest absolute Gasteiger partial charge is 0.144 e. The largest absolute Gasteiger partial charge is 0.299 e. The fraction of sp³-hybridized carbons (Fsp3) is 0.286. The van der Waals surface area contributed by atoms with Crippen molar-refractivity contribution >= 4 is 17.1 Å². The van der Waals surface area contributed by atoms with Crippen molar-refractivity contribution in [3.8, 4) is 0 Å². The highest BCUT2D eigenvalue weighted by Crippen LogP contribution is 2.13. The van der Waals surface area contributed by atoms with E-state index in [0.717, 1.165) is 10.6 Å². The quantitative estimate of drug-likeness (QED) is 0.828. The summed E-state index contributed by atoms with van der Waals surface area (Å²) in [6.07, 6.45) is 2.70. The van der Waals surface area contributed by atoms with Crippen LogP contribution in [0.5, 0.6) is 0 Å². The Labute approximate surface area is 105 Å². The molecule has 17 heavy (non-hydrogen) atoms. The van der Waals surface area contributed by atoms with E-state index in [0.29, 0.717) is 12.8 Å². The molecule has 0 N–H and O–H groups in total. The van der Waals surface area contributed by atoms with Gasteiger partial charge in [-0.05, 0) is 25.0 Å². The van der Waals surface area contributed by atoms with Crippen LogP contribution in [0.2, 0.25) is 0 Å². The van der Waals surface area contributed by atoms with Gasteiger partial charge in [-0.1, -0.05) is 23.8 Å². The van der Waals surface area contributed by atoms with Crippen molar-refractivity contribution in [2.75, 3.05) is 0 Å². The summed E-state index contributed by atoms with van der Waals surface area (Å²) in [6, 6.07) is 6.24. The molecule has 0 spiro atoms. The predicted molar refractivity (Wildman–Crippen MR) is 70.4 cm³/mol. The lowest BCUT2D eigenvalue weighted by atomic mass is 10.00. The predicted octanol–water partition coefficient (Wildman–Crippen LogP) is 3.11. The summed E-state index contributed by atoms with van der Waals surface area (Å²) in [5, 5.41) is 2.81. The van der Waals surface area contributed by atoms with Crippen molar-refractivity contribution in [2.45, 2.75) is 26.7 Å². The van der Waals surface area contributed by atoms with Gasteiger partial charge in [-0.15, -0.1) is 11.3 Å². The second-order valence-electron chi connectivity index (χ2n) is 4.25. The van der Waals surface area contributed by atoms with Gasteiger partial charge < -0.3 is 0 Å². The maximum Gasteiger partial charge on any atom is 0.144 e. The number of aryl methyl sites for hydroxylation is 2. The van der Waals surface area contributed by atoms with E-state index >= 15 is 0 Å². The lowest BCUT2D eigenvalue weighted by Gasteiger charge is -2.05. The Hall–Kier alpha value is -1.48. The zero-order chi connectivity index (χ0) is 12.3. The third kappa shape index (κ3) is 3.24. The van der Waals surface area contributed by atoms with Crippen LogP contribution in [-0.4, -0.2) is 10.8 Å². The molecular formula is C14H15NOS. The van der Waals surface area contributed by atoms with E-state index in [4.69, 9.17) is 0 Å². The summed E-state index contributed by atoms with van der Waals surface area (Å²) >= 11 is 1.54. The van der Waals surface area contributed by atoms with E-state index in [1.165, 1.54) is 22.5 Å². The standard InChI is InChI=1S/C14H15NOS/c1-10-3-4-11(2)12(7-10)8-13(16)9-14-15-5-6-17-14/h3-7H,8-9H2,1-2H3. The fourth-order valence-corrected chi connectivity index (χ4v) is 2.42. The van der Waals surface area contributed by atoms with E-state index < -0.39 is 0 Å². The molecule has 1 aromatic heterocycles. The van der Waals surface area contributed by atoms with Crippen molar-refractivity contribution in [1.82, 2.24) is 4.98 Å². The van der Waals surface area contributed by atoms with Crippen molar-refractivity contribution in [3.05, 3.63) is 51.5 Å². The van der Waals surface area contributed by atoms with Gasteiger partial charge in [-0.2, -0.15) is 0 Å². The van der Waals surface area contributed by atoms with Gasteiger partial charge in [-0.25, -0.2) is 4.98 Å². The maximum atomic E-state index is 11.9. The number of carbonyl (C=O) groups excluding carboxylic acids is 1. The molecule has 2 rings (SSSR count). The summed E-state index contributed by atoms with van der Waals surface area (Å²) in [7, 11) is 0.